The van der Waals surface area contributed by atoms with Gasteiger partial charge in [-0.1, -0.05) is 36.4 Å². The van der Waals surface area contributed by atoms with Gasteiger partial charge in [0.15, 0.2) is 0 Å². The molecule has 4 heteroatoms. The van der Waals surface area contributed by atoms with E-state index in [0.717, 1.165) is 29.3 Å². The molecule has 0 saturated carbocycles. The van der Waals surface area contributed by atoms with Gasteiger partial charge >= 0.3 is 0 Å². The van der Waals surface area contributed by atoms with Crippen LogP contribution in [0.3, 0.4) is 0 Å². The number of fused-ring (bicyclic) bond motifs is 2. The summed E-state index contributed by atoms with van der Waals surface area (Å²) in [4.78, 5) is 2.24. The first kappa shape index (κ1) is 17.0. The maximum Gasteiger partial charge on any atom is 0.142 e. The van der Waals surface area contributed by atoms with Gasteiger partial charge in [-0.15, -0.1) is 0 Å². The molecule has 1 N–H and O–H groups in total. The highest BCUT2D eigenvalue weighted by atomic mass is 16.5. The third-order valence-corrected chi connectivity index (χ3v) is 5.81. The summed E-state index contributed by atoms with van der Waals surface area (Å²) in [6, 6.07) is 22.3. The highest BCUT2D eigenvalue weighted by Crippen LogP contribution is 2.48. The first-order valence-electron chi connectivity index (χ1n) is 9.69. The molecule has 3 aromatic carbocycles. The fourth-order valence-corrected chi connectivity index (χ4v) is 4.36. The van der Waals surface area contributed by atoms with E-state index in [9.17, 15) is 5.11 Å². The summed E-state index contributed by atoms with van der Waals surface area (Å²) in [7, 11) is 2.10. The van der Waals surface area contributed by atoms with Crippen molar-refractivity contribution in [2.75, 3.05) is 31.7 Å². The van der Waals surface area contributed by atoms with Crippen LogP contribution in [0.4, 0.5) is 5.69 Å². The number of hydrogen-bond donors (Lipinski definition) is 1. The summed E-state index contributed by atoms with van der Waals surface area (Å²) in [5, 5.41) is 10.2. The molecule has 2 atom stereocenters. The second-order valence-corrected chi connectivity index (χ2v) is 7.53. The summed E-state index contributed by atoms with van der Waals surface area (Å²) in [5.74, 6) is 2.30. The van der Waals surface area contributed by atoms with Crippen molar-refractivity contribution >= 4 is 5.69 Å². The van der Waals surface area contributed by atoms with Crippen LogP contribution in [0.25, 0.3) is 0 Å². The molecule has 2 aliphatic heterocycles. The van der Waals surface area contributed by atoms with Crippen LogP contribution in [0, 0.1) is 0 Å². The predicted molar refractivity (Wildman–Crippen MR) is 110 cm³/mol. The quantitative estimate of drug-likeness (QED) is 0.717. The van der Waals surface area contributed by atoms with Crippen molar-refractivity contribution in [2.45, 2.75) is 11.8 Å². The van der Waals surface area contributed by atoms with E-state index in [1.54, 1.807) is 6.07 Å². The Morgan fingerprint density at radius 2 is 1.71 bits per heavy atom. The molecule has 0 spiro atoms. The molecular formula is C24H23NO3. The lowest BCUT2D eigenvalue weighted by atomic mass is 9.75. The average molecular weight is 373 g/mol. The minimum Gasteiger partial charge on any atom is -0.508 e. The van der Waals surface area contributed by atoms with Crippen LogP contribution < -0.4 is 14.4 Å². The van der Waals surface area contributed by atoms with Crippen LogP contribution >= 0.6 is 0 Å². The lowest BCUT2D eigenvalue weighted by molar-refractivity contribution is 0.248. The number of rotatable bonds is 2. The molecule has 0 aliphatic carbocycles. The third-order valence-electron chi connectivity index (χ3n) is 5.81. The number of ether oxygens (including phenoxy) is 2. The number of likely N-dealkylation sites (N-methyl/N-ethyl adjacent to an activating group) is 1. The molecule has 28 heavy (non-hydrogen) atoms. The third kappa shape index (κ3) is 2.85. The maximum atomic E-state index is 10.2. The summed E-state index contributed by atoms with van der Waals surface area (Å²) >= 11 is 0. The van der Waals surface area contributed by atoms with E-state index >= 15 is 0 Å². The van der Waals surface area contributed by atoms with Gasteiger partial charge in [0.05, 0.1) is 18.8 Å². The summed E-state index contributed by atoms with van der Waals surface area (Å²) in [5.41, 5.74) is 4.59. The molecule has 0 saturated heterocycles. The number of aromatic hydroxyl groups is 1. The SMILES string of the molecule is CN1CCOc2ccc([C@@H]3c4cc(O)ccc4OC[C@H]3c3ccccc3)cc21. The minimum absolute atomic E-state index is 0.0962. The number of phenolic OH excluding ortho intramolecular Hbond substituents is 1. The summed E-state index contributed by atoms with van der Waals surface area (Å²) in [6.45, 7) is 2.20. The van der Waals surface area contributed by atoms with Crippen LogP contribution in [-0.4, -0.2) is 31.9 Å². The van der Waals surface area contributed by atoms with Gasteiger partial charge in [-0.05, 0) is 41.5 Å². The van der Waals surface area contributed by atoms with E-state index < -0.39 is 0 Å². The number of benzene rings is 3. The van der Waals surface area contributed by atoms with Crippen molar-refractivity contribution in [3.8, 4) is 17.2 Å². The fraction of sp³-hybridized carbons (Fsp3) is 0.250. The summed E-state index contributed by atoms with van der Waals surface area (Å²) < 4.78 is 11.9. The second kappa shape index (κ2) is 6.79. The normalized spacial score (nSPS) is 20.5. The number of anilines is 1. The van der Waals surface area contributed by atoms with Gasteiger partial charge < -0.3 is 19.5 Å². The smallest absolute Gasteiger partial charge is 0.142 e. The second-order valence-electron chi connectivity index (χ2n) is 7.53. The van der Waals surface area contributed by atoms with Gasteiger partial charge in [-0.3, -0.25) is 0 Å². The zero-order chi connectivity index (χ0) is 19.1. The van der Waals surface area contributed by atoms with Crippen LogP contribution in [0.1, 0.15) is 28.5 Å². The van der Waals surface area contributed by atoms with Crippen LogP contribution in [-0.2, 0) is 0 Å². The Bertz CT molecular complexity index is 1000. The minimum atomic E-state index is 0.0962. The van der Waals surface area contributed by atoms with Gasteiger partial charge in [0, 0.05) is 24.4 Å². The molecule has 0 fully saturated rings. The fourth-order valence-electron chi connectivity index (χ4n) is 4.36. The molecule has 2 aliphatic rings. The van der Waals surface area contributed by atoms with E-state index in [2.05, 4.69) is 54.4 Å². The van der Waals surface area contributed by atoms with Gasteiger partial charge in [0.2, 0.25) is 0 Å². The lowest BCUT2D eigenvalue weighted by Gasteiger charge is -2.36. The standard InChI is InChI=1S/C24H23NO3/c1-25-11-12-27-23-9-7-17(13-21(23)25)24-19-14-18(26)8-10-22(19)28-15-20(24)16-5-3-2-4-6-16/h2-10,13-14,20,24,26H,11-12,15H2,1H3/t20-,24+/m0/s1. The largest absolute Gasteiger partial charge is 0.508 e. The molecular weight excluding hydrogens is 350 g/mol. The Balaban J connectivity index is 1.67. The Morgan fingerprint density at radius 3 is 2.57 bits per heavy atom. The summed E-state index contributed by atoms with van der Waals surface area (Å²) in [6.07, 6.45) is 0. The number of hydrogen-bond acceptors (Lipinski definition) is 4. The molecule has 0 aromatic heterocycles. The van der Waals surface area contributed by atoms with Crippen LogP contribution in [0.15, 0.2) is 66.7 Å². The molecule has 0 unspecified atom stereocenters. The molecule has 0 amide bonds. The molecule has 142 valence electrons. The topological polar surface area (TPSA) is 41.9 Å². The van der Waals surface area contributed by atoms with Crippen molar-refractivity contribution in [3.05, 3.63) is 83.4 Å². The average Bonchev–Trinajstić information content (AvgIpc) is 2.73. The van der Waals surface area contributed by atoms with Crippen molar-refractivity contribution in [2.24, 2.45) is 0 Å². The van der Waals surface area contributed by atoms with E-state index in [1.807, 2.05) is 18.2 Å². The van der Waals surface area contributed by atoms with Gasteiger partial charge in [0.25, 0.3) is 0 Å². The molecule has 3 aromatic rings. The van der Waals surface area contributed by atoms with Gasteiger partial charge in [-0.25, -0.2) is 0 Å². The Hall–Kier alpha value is -3.14. The van der Waals surface area contributed by atoms with Gasteiger partial charge in [0.1, 0.15) is 23.9 Å². The Morgan fingerprint density at radius 1 is 0.893 bits per heavy atom. The molecule has 5 rings (SSSR count). The number of phenols is 1. The first-order chi connectivity index (χ1) is 13.7. The van der Waals surface area contributed by atoms with E-state index in [0.29, 0.717) is 13.2 Å². The highest BCUT2D eigenvalue weighted by molar-refractivity contribution is 5.63. The highest BCUT2D eigenvalue weighted by Gasteiger charge is 2.34. The van der Waals surface area contributed by atoms with E-state index in [1.165, 1.54) is 11.1 Å². The van der Waals surface area contributed by atoms with Crippen molar-refractivity contribution in [1.82, 2.24) is 0 Å². The lowest BCUT2D eigenvalue weighted by Crippen LogP contribution is -2.29. The van der Waals surface area contributed by atoms with Crippen LogP contribution in [0.5, 0.6) is 17.2 Å². The maximum absolute atomic E-state index is 10.2. The number of nitrogens with zero attached hydrogens (tertiary/aromatic N) is 1. The van der Waals surface area contributed by atoms with Crippen molar-refractivity contribution < 1.29 is 14.6 Å². The molecule has 4 nitrogen and oxygen atoms in total. The molecule has 0 radical (unpaired) electrons. The Kier molecular flexibility index (Phi) is 4.12. The monoisotopic (exact) mass is 373 g/mol. The predicted octanol–water partition coefficient (Wildman–Crippen LogP) is 4.53. The molecule has 2 heterocycles. The first-order valence-corrected chi connectivity index (χ1v) is 9.69. The zero-order valence-corrected chi connectivity index (χ0v) is 15.8. The van der Waals surface area contributed by atoms with Crippen LogP contribution in [0.2, 0.25) is 0 Å². The van der Waals surface area contributed by atoms with E-state index in [4.69, 9.17) is 9.47 Å². The molecule has 0 bridgehead atoms. The van der Waals surface area contributed by atoms with Crippen molar-refractivity contribution in [3.63, 3.8) is 0 Å². The van der Waals surface area contributed by atoms with Gasteiger partial charge in [-0.2, -0.15) is 0 Å². The van der Waals surface area contributed by atoms with E-state index in [-0.39, 0.29) is 17.6 Å². The Labute approximate surface area is 165 Å². The zero-order valence-electron chi connectivity index (χ0n) is 15.8. The van der Waals surface area contributed by atoms with Crippen molar-refractivity contribution in [1.29, 1.82) is 0 Å².